The third kappa shape index (κ3) is 9.21. The van der Waals surface area contributed by atoms with Gasteiger partial charge in [-0.25, -0.2) is 14.6 Å². The van der Waals surface area contributed by atoms with Crippen molar-refractivity contribution in [1.82, 2.24) is 9.88 Å². The molecule has 5 heterocycles. The Morgan fingerprint density at radius 3 is 2.36 bits per heavy atom. The number of amides is 1. The summed E-state index contributed by atoms with van der Waals surface area (Å²) >= 11 is 13.1. The number of nitrogens with one attached hydrogen (secondary N) is 1. The smallest absolute Gasteiger partial charge is 0.414 e. The molecule has 11 nitrogen and oxygen atoms in total. The molecule has 2 bridgehead atoms. The Morgan fingerprint density at radius 1 is 0.981 bits per heavy atom. The molecule has 1 aliphatic carbocycles. The van der Waals surface area contributed by atoms with E-state index in [2.05, 4.69) is 14.9 Å². The first kappa shape index (κ1) is 38.3. The predicted molar refractivity (Wildman–Crippen MR) is 199 cm³/mol. The number of methoxy groups -OCH3 is 1. The van der Waals surface area contributed by atoms with Crippen LogP contribution < -0.4 is 19.4 Å². The number of halogens is 2. The number of hydrogen-bond donors (Lipinski definition) is 0. The number of hydrogen-bond acceptors (Lipinski definition) is 9. The van der Waals surface area contributed by atoms with Crippen LogP contribution in [0.2, 0.25) is 10.0 Å². The highest BCUT2D eigenvalue weighted by atomic mass is 35.5. The molecule has 0 unspecified atom stereocenters. The zero-order chi connectivity index (χ0) is 36.0. The fraction of sp³-hybridized carbons (Fsp3) is 0.400. The van der Waals surface area contributed by atoms with Crippen LogP contribution in [0.15, 0.2) is 79.4 Å². The number of piperidine rings is 3. The summed E-state index contributed by atoms with van der Waals surface area (Å²) in [6.45, 7) is 3.12. The third-order valence-corrected chi connectivity index (χ3v) is 11.0. The van der Waals surface area contributed by atoms with E-state index in [0.29, 0.717) is 49.8 Å². The lowest BCUT2D eigenvalue weighted by atomic mass is 9.86. The highest BCUT2D eigenvalue weighted by Gasteiger charge is 2.37. The summed E-state index contributed by atoms with van der Waals surface area (Å²) in [6, 6.07) is 16.2. The number of nitrogens with zero attached hydrogens (tertiary/aromatic N) is 3. The van der Waals surface area contributed by atoms with Crippen molar-refractivity contribution in [3.05, 3.63) is 112 Å². The number of rotatable bonds is 12. The normalized spacial score (nSPS) is 19.9. The van der Waals surface area contributed by atoms with Gasteiger partial charge in [0.1, 0.15) is 22.3 Å². The quantitative estimate of drug-likeness (QED) is 0.133. The number of carbonyl (C=O) groups excluding carboxylic acids is 2. The second-order valence-corrected chi connectivity index (χ2v) is 14.5. The number of fused-ring (bicyclic) bond motifs is 3. The van der Waals surface area contributed by atoms with Gasteiger partial charge >= 0.3 is 12.1 Å². The third-order valence-electron chi connectivity index (χ3n) is 10.3. The minimum absolute atomic E-state index is 0. The lowest BCUT2D eigenvalue weighted by Gasteiger charge is -2.44. The molecule has 53 heavy (non-hydrogen) atoms. The minimum atomic E-state index is -0.747. The lowest BCUT2D eigenvalue weighted by Crippen LogP contribution is -2.53. The van der Waals surface area contributed by atoms with E-state index in [1.807, 2.05) is 36.4 Å². The maximum Gasteiger partial charge on any atom is 0.414 e. The number of H-pyrrole nitrogens is 1. The van der Waals surface area contributed by atoms with Crippen LogP contribution in [0.1, 0.15) is 71.7 Å². The van der Waals surface area contributed by atoms with Gasteiger partial charge in [-0.2, -0.15) is 0 Å². The van der Waals surface area contributed by atoms with Crippen molar-refractivity contribution in [2.45, 2.75) is 69.8 Å². The minimum Gasteiger partial charge on any atom is -0.870 e. The summed E-state index contributed by atoms with van der Waals surface area (Å²) in [7, 11) is 1.61. The molecule has 13 heteroatoms. The fourth-order valence-corrected chi connectivity index (χ4v) is 7.93. The van der Waals surface area contributed by atoms with E-state index in [1.54, 1.807) is 55.0 Å². The van der Waals surface area contributed by atoms with E-state index in [1.165, 1.54) is 0 Å². The largest absolute Gasteiger partial charge is 0.870 e. The SMILES string of the molecule is COc1ccc([C@@H](Cc2c(Cl)c[nH+]cc2Cl)OC(=O)c2ccc(CN(C(=O)O[C@H]3CN4CCC3CC4)c3cccnc3)cc2)cc1OC1CCCC1.[OH-]. The lowest BCUT2D eigenvalue weighted by molar-refractivity contribution is -0.377. The molecule has 280 valence electrons. The highest BCUT2D eigenvalue weighted by molar-refractivity contribution is 6.35. The molecule has 4 aromatic rings. The molecule has 2 atom stereocenters. The first-order valence-corrected chi connectivity index (χ1v) is 18.7. The fourth-order valence-electron chi connectivity index (χ4n) is 7.39. The molecule has 3 saturated heterocycles. The molecule has 2 aromatic heterocycles. The van der Waals surface area contributed by atoms with Crippen molar-refractivity contribution < 1.29 is 39.0 Å². The Morgan fingerprint density at radius 2 is 1.72 bits per heavy atom. The van der Waals surface area contributed by atoms with Crippen LogP contribution in [0.25, 0.3) is 0 Å². The molecule has 0 radical (unpaired) electrons. The standard InChI is InChI=1S/C40H42Cl2N4O6.H2O/c1-49-35-13-12-29(19-37(35)50-31-6-2-3-7-31)36(20-32-33(41)22-44-23-34(32)42)51-39(47)28-10-8-26(9-11-28)24-46(30-5-4-16-43-21-30)40(48)52-38-25-45-17-14-27(38)15-18-45;/h4-5,8-13,16,19,21-23,27,31,36,38H,2-3,6-7,14-15,17-18,20,24-25H2,1H3;1H2/t36-,38+;/m1./s1. The Kier molecular flexibility index (Phi) is 12.7. The van der Waals surface area contributed by atoms with Crippen LogP contribution in [0.4, 0.5) is 10.5 Å². The van der Waals surface area contributed by atoms with Crippen molar-refractivity contribution in [3.63, 3.8) is 0 Å². The number of carbonyl (C=O) groups is 2. The van der Waals surface area contributed by atoms with E-state index in [-0.39, 0.29) is 30.6 Å². The average Bonchev–Trinajstić information content (AvgIpc) is 3.69. The second-order valence-electron chi connectivity index (χ2n) is 13.7. The Hall–Kier alpha value is -4.42. The van der Waals surface area contributed by atoms with Gasteiger partial charge in [0.2, 0.25) is 0 Å². The van der Waals surface area contributed by atoms with Gasteiger partial charge in [-0.05, 0) is 105 Å². The first-order chi connectivity index (χ1) is 25.3. The van der Waals surface area contributed by atoms with E-state index >= 15 is 0 Å². The summed E-state index contributed by atoms with van der Waals surface area (Å²) in [5.41, 5.74) is 3.15. The van der Waals surface area contributed by atoms with E-state index in [0.717, 1.165) is 63.7 Å². The van der Waals surface area contributed by atoms with Crippen LogP contribution in [-0.2, 0) is 22.4 Å². The van der Waals surface area contributed by atoms with Crippen molar-refractivity contribution >= 4 is 41.0 Å². The molecule has 1 saturated carbocycles. The van der Waals surface area contributed by atoms with Crippen molar-refractivity contribution in [3.8, 4) is 11.5 Å². The molecular weight excluding hydrogens is 719 g/mol. The molecule has 2 N–H and O–H groups in total. The van der Waals surface area contributed by atoms with Crippen LogP contribution in [0.5, 0.6) is 11.5 Å². The van der Waals surface area contributed by atoms with Crippen LogP contribution in [-0.4, -0.2) is 66.4 Å². The Labute approximate surface area is 319 Å². The second kappa shape index (κ2) is 17.6. The number of esters is 1. The summed E-state index contributed by atoms with van der Waals surface area (Å²) in [6.07, 6.45) is 11.9. The first-order valence-electron chi connectivity index (χ1n) is 17.9. The monoisotopic (exact) mass is 762 g/mol. The summed E-state index contributed by atoms with van der Waals surface area (Å²) in [5.74, 6) is 1.07. The van der Waals surface area contributed by atoms with Gasteiger partial charge in [-0.15, -0.1) is 0 Å². The van der Waals surface area contributed by atoms with E-state index in [9.17, 15) is 9.59 Å². The number of benzene rings is 2. The van der Waals surface area contributed by atoms with E-state index in [4.69, 9.17) is 42.1 Å². The van der Waals surface area contributed by atoms with Gasteiger partial charge in [-0.1, -0.05) is 41.4 Å². The molecule has 1 amide bonds. The van der Waals surface area contributed by atoms with Crippen molar-refractivity contribution in [2.75, 3.05) is 31.6 Å². The Balaban J connectivity index is 0.00000481. The average molecular weight is 764 g/mol. The van der Waals surface area contributed by atoms with Crippen LogP contribution in [0.3, 0.4) is 0 Å². The Bertz CT molecular complexity index is 1830. The molecule has 4 aliphatic rings. The van der Waals surface area contributed by atoms with Gasteiger partial charge < -0.3 is 24.4 Å². The highest BCUT2D eigenvalue weighted by Crippen LogP contribution is 2.37. The maximum absolute atomic E-state index is 13.8. The molecule has 4 fully saturated rings. The van der Waals surface area contributed by atoms with Crippen molar-refractivity contribution in [2.24, 2.45) is 5.92 Å². The molecule has 2 aromatic carbocycles. The molecule has 0 spiro atoms. The van der Waals surface area contributed by atoms with Crippen LogP contribution >= 0.6 is 23.2 Å². The number of ether oxygens (including phenoxy) is 4. The summed E-state index contributed by atoms with van der Waals surface area (Å²) in [5, 5.41) is 0.859. The van der Waals surface area contributed by atoms with Gasteiger partial charge in [-0.3, -0.25) is 14.8 Å². The zero-order valence-corrected chi connectivity index (χ0v) is 31.1. The topological polar surface area (TPSA) is 135 Å². The van der Waals surface area contributed by atoms with Gasteiger partial charge in [0.05, 0.1) is 37.2 Å². The number of aromatic amines is 1. The van der Waals surface area contributed by atoms with Gasteiger partial charge in [0.25, 0.3) is 0 Å². The van der Waals surface area contributed by atoms with E-state index < -0.39 is 18.2 Å². The summed E-state index contributed by atoms with van der Waals surface area (Å²) < 4.78 is 24.3. The van der Waals surface area contributed by atoms with Crippen molar-refractivity contribution in [1.29, 1.82) is 0 Å². The molecule has 8 rings (SSSR count). The number of aromatic nitrogens is 2. The number of pyridine rings is 2. The maximum atomic E-state index is 13.8. The van der Waals surface area contributed by atoms with Gasteiger partial charge in [0.15, 0.2) is 23.9 Å². The van der Waals surface area contributed by atoms with Crippen LogP contribution in [0, 0.1) is 5.92 Å². The predicted octanol–water partition coefficient (Wildman–Crippen LogP) is 7.73. The zero-order valence-electron chi connectivity index (χ0n) is 29.6. The number of anilines is 1. The van der Waals surface area contributed by atoms with Gasteiger partial charge in [0, 0.05) is 24.7 Å². The summed E-state index contributed by atoms with van der Waals surface area (Å²) in [4.78, 5) is 38.5. The molecule has 3 aliphatic heterocycles. The molecular formula is C40H44Cl2N4O7.